The summed E-state index contributed by atoms with van der Waals surface area (Å²) in [5, 5.41) is 7.37. The Bertz CT molecular complexity index is 1020. The van der Waals surface area contributed by atoms with Gasteiger partial charge in [0.05, 0.1) is 17.2 Å². The van der Waals surface area contributed by atoms with Crippen LogP contribution in [-0.4, -0.2) is 18.5 Å². The number of carbonyl (C=O) groups is 2. The van der Waals surface area contributed by atoms with Gasteiger partial charge in [-0.3, -0.25) is 4.79 Å². The van der Waals surface area contributed by atoms with Gasteiger partial charge in [-0.15, -0.1) is 0 Å². The van der Waals surface area contributed by atoms with Gasteiger partial charge in [0.15, 0.2) is 0 Å². The maximum Gasteiger partial charge on any atom is 0.416 e. The van der Waals surface area contributed by atoms with Crippen LogP contribution in [0.4, 0.5) is 32.4 Å². The minimum Gasteiger partial charge on any atom is -0.435 e. The monoisotopic (exact) mass is 441 g/mol. The van der Waals surface area contributed by atoms with Gasteiger partial charge in [-0.1, -0.05) is 18.2 Å². The quantitative estimate of drug-likeness (QED) is 0.595. The zero-order valence-corrected chi connectivity index (χ0v) is 15.9. The summed E-state index contributed by atoms with van der Waals surface area (Å²) in [6.45, 7) is -1.55. The van der Waals surface area contributed by atoms with Gasteiger partial charge in [0.1, 0.15) is 5.75 Å². The maximum absolute atomic E-state index is 12.9. The van der Waals surface area contributed by atoms with Gasteiger partial charge < -0.3 is 20.7 Å². The number of halogens is 5. The molecular weight excluding hydrogens is 425 g/mol. The van der Waals surface area contributed by atoms with Gasteiger partial charge in [0.2, 0.25) is 0 Å². The summed E-state index contributed by atoms with van der Waals surface area (Å²) in [5.74, 6) is -0.864. The molecule has 0 fully saturated rings. The largest absolute Gasteiger partial charge is 0.435 e. The minimum atomic E-state index is -4.58. The molecule has 0 spiro atoms. The first-order valence-corrected chi connectivity index (χ1v) is 8.86. The highest BCUT2D eigenvalue weighted by atomic mass is 19.4. The molecule has 0 aromatic heterocycles. The van der Waals surface area contributed by atoms with E-state index in [2.05, 4.69) is 20.7 Å². The molecule has 6 nitrogen and oxygen atoms in total. The SMILES string of the molecule is CC1=C(C(=O)Nc2cccc(C(F)(F)F)c2)C(c2ccc(OC(F)F)cc2)NC(=O)N1. The normalized spacial score (nSPS) is 16.6. The van der Waals surface area contributed by atoms with Crippen LogP contribution >= 0.6 is 0 Å². The van der Waals surface area contributed by atoms with Crippen molar-refractivity contribution in [3.63, 3.8) is 0 Å². The fraction of sp³-hybridized carbons (Fsp3) is 0.200. The molecule has 1 atom stereocenters. The van der Waals surface area contributed by atoms with Crippen molar-refractivity contribution in [2.75, 3.05) is 5.32 Å². The number of ether oxygens (including phenoxy) is 1. The Kier molecular flexibility index (Phi) is 6.14. The summed E-state index contributed by atoms with van der Waals surface area (Å²) in [5.41, 5.74) is -0.413. The van der Waals surface area contributed by atoms with Crippen LogP contribution in [0.25, 0.3) is 0 Å². The number of hydrogen-bond acceptors (Lipinski definition) is 3. The molecule has 3 N–H and O–H groups in total. The van der Waals surface area contributed by atoms with Crippen LogP contribution in [0.2, 0.25) is 0 Å². The van der Waals surface area contributed by atoms with E-state index in [1.165, 1.54) is 37.3 Å². The van der Waals surface area contributed by atoms with E-state index in [4.69, 9.17) is 0 Å². The Hall–Kier alpha value is -3.63. The lowest BCUT2D eigenvalue weighted by molar-refractivity contribution is -0.137. The van der Waals surface area contributed by atoms with E-state index in [0.717, 1.165) is 18.2 Å². The molecule has 1 aliphatic rings. The average molecular weight is 441 g/mol. The van der Waals surface area contributed by atoms with Crippen LogP contribution < -0.4 is 20.7 Å². The third-order valence-electron chi connectivity index (χ3n) is 4.40. The number of anilines is 1. The maximum atomic E-state index is 12.9. The number of hydrogen-bond donors (Lipinski definition) is 3. The molecule has 0 aliphatic carbocycles. The zero-order chi connectivity index (χ0) is 22.8. The van der Waals surface area contributed by atoms with Crippen LogP contribution in [0.15, 0.2) is 59.8 Å². The van der Waals surface area contributed by atoms with Crippen molar-refractivity contribution in [1.29, 1.82) is 0 Å². The van der Waals surface area contributed by atoms with E-state index in [9.17, 15) is 31.5 Å². The molecule has 3 amide bonds. The van der Waals surface area contributed by atoms with Crippen molar-refractivity contribution < 1.29 is 36.3 Å². The van der Waals surface area contributed by atoms with E-state index in [-0.39, 0.29) is 22.7 Å². The van der Waals surface area contributed by atoms with Gasteiger partial charge in [-0.25, -0.2) is 4.79 Å². The lowest BCUT2D eigenvalue weighted by atomic mass is 9.94. The van der Waals surface area contributed by atoms with Crippen molar-refractivity contribution in [3.8, 4) is 5.75 Å². The first-order valence-electron chi connectivity index (χ1n) is 8.86. The van der Waals surface area contributed by atoms with Crippen LogP contribution in [-0.2, 0) is 11.0 Å². The second kappa shape index (κ2) is 8.62. The molecule has 1 heterocycles. The molecule has 0 saturated heterocycles. The number of benzene rings is 2. The standard InChI is InChI=1S/C20H16F5N3O3/c1-10-15(17(29)27-13-4-2-3-12(9-13)20(23,24)25)16(28-19(30)26-10)11-5-7-14(8-6-11)31-18(21)22/h2-9,16,18H,1H3,(H,27,29)(H2,26,28,30). The molecular formula is C20H16F5N3O3. The minimum absolute atomic E-state index is 0.0412. The third-order valence-corrected chi connectivity index (χ3v) is 4.40. The van der Waals surface area contributed by atoms with E-state index in [1.807, 2.05) is 0 Å². The molecule has 11 heteroatoms. The number of amides is 3. The molecule has 3 rings (SSSR count). The number of nitrogens with one attached hydrogen (secondary N) is 3. The molecule has 164 valence electrons. The summed E-state index contributed by atoms with van der Waals surface area (Å²) in [7, 11) is 0. The highest BCUT2D eigenvalue weighted by Gasteiger charge is 2.33. The molecule has 0 saturated carbocycles. The van der Waals surface area contributed by atoms with Gasteiger partial charge in [-0.2, -0.15) is 22.0 Å². The fourth-order valence-electron chi connectivity index (χ4n) is 3.06. The number of alkyl halides is 5. The van der Waals surface area contributed by atoms with E-state index in [1.54, 1.807) is 0 Å². The summed E-state index contributed by atoms with van der Waals surface area (Å²) >= 11 is 0. The smallest absolute Gasteiger partial charge is 0.416 e. The van der Waals surface area contributed by atoms with Gasteiger partial charge in [-0.05, 0) is 42.8 Å². The molecule has 1 aliphatic heterocycles. The summed E-state index contributed by atoms with van der Waals surface area (Å²) < 4.78 is 67.7. The van der Waals surface area contributed by atoms with E-state index in [0.29, 0.717) is 5.56 Å². The Morgan fingerprint density at radius 3 is 2.42 bits per heavy atom. The van der Waals surface area contributed by atoms with Crippen molar-refractivity contribution in [3.05, 3.63) is 70.9 Å². The van der Waals surface area contributed by atoms with E-state index >= 15 is 0 Å². The Balaban J connectivity index is 1.89. The zero-order valence-electron chi connectivity index (χ0n) is 15.9. The van der Waals surface area contributed by atoms with Crippen molar-refractivity contribution in [2.45, 2.75) is 25.8 Å². The third kappa shape index (κ3) is 5.30. The van der Waals surface area contributed by atoms with Crippen LogP contribution in [0.5, 0.6) is 5.75 Å². The Morgan fingerprint density at radius 1 is 1.13 bits per heavy atom. The molecule has 0 bridgehead atoms. The predicted octanol–water partition coefficient (Wildman–Crippen LogP) is 4.57. The molecule has 31 heavy (non-hydrogen) atoms. The number of rotatable bonds is 5. The topological polar surface area (TPSA) is 79.5 Å². The highest BCUT2D eigenvalue weighted by Crippen LogP contribution is 2.32. The predicted molar refractivity (Wildman–Crippen MR) is 100 cm³/mol. The highest BCUT2D eigenvalue weighted by molar-refractivity contribution is 6.06. The average Bonchev–Trinajstić information content (AvgIpc) is 2.67. The Morgan fingerprint density at radius 2 is 1.81 bits per heavy atom. The molecule has 1 unspecified atom stereocenters. The lowest BCUT2D eigenvalue weighted by Gasteiger charge is -2.28. The van der Waals surface area contributed by atoms with Crippen LogP contribution in [0.1, 0.15) is 24.1 Å². The first kappa shape index (κ1) is 22.1. The fourth-order valence-corrected chi connectivity index (χ4v) is 3.06. The number of allylic oxidation sites excluding steroid dienone is 1. The van der Waals surface area contributed by atoms with Gasteiger partial charge in [0, 0.05) is 11.4 Å². The number of carbonyl (C=O) groups excluding carboxylic acids is 2. The summed E-state index contributed by atoms with van der Waals surface area (Å²) in [6.07, 6.45) is -4.58. The molecule has 2 aromatic carbocycles. The van der Waals surface area contributed by atoms with E-state index < -0.39 is 36.3 Å². The van der Waals surface area contributed by atoms with Crippen LogP contribution in [0, 0.1) is 0 Å². The Labute approximate surface area is 173 Å². The number of urea groups is 1. The van der Waals surface area contributed by atoms with Crippen LogP contribution in [0.3, 0.4) is 0 Å². The van der Waals surface area contributed by atoms with Gasteiger partial charge in [0.25, 0.3) is 5.91 Å². The first-order chi connectivity index (χ1) is 14.5. The second-order valence-electron chi connectivity index (χ2n) is 6.55. The van der Waals surface area contributed by atoms with Gasteiger partial charge >= 0.3 is 18.8 Å². The van der Waals surface area contributed by atoms with Crippen molar-refractivity contribution in [1.82, 2.24) is 10.6 Å². The summed E-state index contributed by atoms with van der Waals surface area (Å²) in [6, 6.07) is 7.79. The molecule has 2 aromatic rings. The van der Waals surface area contributed by atoms with Crippen molar-refractivity contribution >= 4 is 17.6 Å². The molecule has 0 radical (unpaired) electrons. The van der Waals surface area contributed by atoms with Crippen molar-refractivity contribution in [2.24, 2.45) is 0 Å². The second-order valence-corrected chi connectivity index (χ2v) is 6.55. The lowest BCUT2D eigenvalue weighted by Crippen LogP contribution is -2.45. The summed E-state index contributed by atoms with van der Waals surface area (Å²) in [4.78, 5) is 24.8.